The number of esters is 1. The number of carbonyl (C=O) groups excluding carboxylic acids is 1. The second-order valence-electron chi connectivity index (χ2n) is 3.87. The minimum atomic E-state index is -0.270. The molecule has 1 unspecified atom stereocenters. The number of benzene rings is 1. The molecule has 0 aliphatic carbocycles. The molecule has 0 N–H and O–H groups in total. The maximum absolute atomic E-state index is 11.5. The van der Waals surface area contributed by atoms with E-state index in [0.29, 0.717) is 0 Å². The van der Waals surface area contributed by atoms with Crippen LogP contribution in [0.3, 0.4) is 0 Å². The summed E-state index contributed by atoms with van der Waals surface area (Å²) < 4.78 is 10.3. The standard InChI is InChI=1S/C13H18O3S/c1-9(2)16-11-7-5-10(6-8-11)12(17-4)13(14)15-3/h5-9,12H,1-4H3. The van der Waals surface area contributed by atoms with Gasteiger partial charge >= 0.3 is 5.97 Å². The van der Waals surface area contributed by atoms with Crippen molar-refractivity contribution in [2.75, 3.05) is 13.4 Å². The van der Waals surface area contributed by atoms with Gasteiger partial charge in [0.1, 0.15) is 11.0 Å². The van der Waals surface area contributed by atoms with Gasteiger partial charge in [-0.2, -0.15) is 0 Å². The van der Waals surface area contributed by atoms with Crippen molar-refractivity contribution in [2.45, 2.75) is 25.2 Å². The Morgan fingerprint density at radius 2 is 1.82 bits per heavy atom. The third-order valence-corrected chi connectivity index (χ3v) is 3.14. The smallest absolute Gasteiger partial charge is 0.323 e. The molecule has 4 heteroatoms. The first-order valence-electron chi connectivity index (χ1n) is 5.45. The molecule has 0 aliphatic rings. The van der Waals surface area contributed by atoms with Crippen LogP contribution in [0.25, 0.3) is 0 Å². The maximum Gasteiger partial charge on any atom is 0.323 e. The number of carbonyl (C=O) groups is 1. The predicted octanol–water partition coefficient (Wildman–Crippen LogP) is 3.05. The van der Waals surface area contributed by atoms with Crippen LogP contribution in [0.1, 0.15) is 24.7 Å². The SMILES string of the molecule is COC(=O)C(SC)c1ccc(OC(C)C)cc1. The van der Waals surface area contributed by atoms with Gasteiger partial charge in [-0.05, 0) is 37.8 Å². The van der Waals surface area contributed by atoms with Crippen LogP contribution in [0.2, 0.25) is 0 Å². The lowest BCUT2D eigenvalue weighted by Crippen LogP contribution is -2.11. The first kappa shape index (κ1) is 13.9. The number of thioether (sulfide) groups is 1. The molecule has 1 atom stereocenters. The van der Waals surface area contributed by atoms with Crippen molar-refractivity contribution in [1.82, 2.24) is 0 Å². The Kier molecular flexibility index (Phi) is 5.35. The minimum absolute atomic E-state index is 0.151. The average molecular weight is 254 g/mol. The molecule has 1 rings (SSSR count). The first-order chi connectivity index (χ1) is 8.08. The highest BCUT2D eigenvalue weighted by Gasteiger charge is 2.19. The van der Waals surface area contributed by atoms with Gasteiger partial charge in [-0.1, -0.05) is 12.1 Å². The van der Waals surface area contributed by atoms with Gasteiger partial charge in [-0.25, -0.2) is 0 Å². The van der Waals surface area contributed by atoms with Crippen molar-refractivity contribution in [1.29, 1.82) is 0 Å². The Labute approximate surface area is 106 Å². The Hall–Kier alpha value is -1.16. The average Bonchev–Trinajstić information content (AvgIpc) is 2.31. The van der Waals surface area contributed by atoms with Gasteiger partial charge in [-0.15, -0.1) is 11.8 Å². The fourth-order valence-electron chi connectivity index (χ4n) is 1.47. The quantitative estimate of drug-likeness (QED) is 0.757. The van der Waals surface area contributed by atoms with Gasteiger partial charge in [0, 0.05) is 0 Å². The highest BCUT2D eigenvalue weighted by molar-refractivity contribution is 7.99. The molecule has 17 heavy (non-hydrogen) atoms. The molecule has 0 spiro atoms. The molecule has 0 bridgehead atoms. The van der Waals surface area contributed by atoms with Crippen LogP contribution in [0.15, 0.2) is 24.3 Å². The third-order valence-electron chi connectivity index (χ3n) is 2.21. The molecule has 0 saturated heterocycles. The minimum Gasteiger partial charge on any atom is -0.491 e. The lowest BCUT2D eigenvalue weighted by molar-refractivity contribution is -0.140. The van der Waals surface area contributed by atoms with Crippen LogP contribution in [0.4, 0.5) is 0 Å². The van der Waals surface area contributed by atoms with E-state index in [9.17, 15) is 4.79 Å². The molecule has 0 aromatic heterocycles. The molecule has 0 fully saturated rings. The van der Waals surface area contributed by atoms with Crippen molar-refractivity contribution in [3.63, 3.8) is 0 Å². The largest absolute Gasteiger partial charge is 0.491 e. The van der Waals surface area contributed by atoms with Gasteiger partial charge in [0.15, 0.2) is 0 Å². The maximum atomic E-state index is 11.5. The predicted molar refractivity (Wildman–Crippen MR) is 70.5 cm³/mol. The van der Waals surface area contributed by atoms with E-state index in [1.165, 1.54) is 18.9 Å². The van der Waals surface area contributed by atoms with Crippen molar-refractivity contribution < 1.29 is 14.3 Å². The second kappa shape index (κ2) is 6.55. The topological polar surface area (TPSA) is 35.5 Å². The molecule has 0 amide bonds. The number of ether oxygens (including phenoxy) is 2. The molecule has 0 aliphatic heterocycles. The summed E-state index contributed by atoms with van der Waals surface area (Å²) in [7, 11) is 1.40. The zero-order chi connectivity index (χ0) is 12.8. The Bertz CT molecular complexity index is 359. The molecular formula is C13H18O3S. The van der Waals surface area contributed by atoms with E-state index in [2.05, 4.69) is 0 Å². The molecular weight excluding hydrogens is 236 g/mol. The van der Waals surface area contributed by atoms with Crippen LogP contribution < -0.4 is 4.74 Å². The number of hydrogen-bond acceptors (Lipinski definition) is 4. The van der Waals surface area contributed by atoms with Crippen LogP contribution >= 0.6 is 11.8 Å². The van der Waals surface area contributed by atoms with E-state index in [4.69, 9.17) is 9.47 Å². The summed E-state index contributed by atoms with van der Waals surface area (Å²) in [6.07, 6.45) is 2.04. The van der Waals surface area contributed by atoms with Crippen molar-refractivity contribution in [2.24, 2.45) is 0 Å². The Balaban J connectivity index is 2.81. The van der Waals surface area contributed by atoms with E-state index < -0.39 is 0 Å². The third kappa shape index (κ3) is 3.97. The highest BCUT2D eigenvalue weighted by Crippen LogP contribution is 2.29. The summed E-state index contributed by atoms with van der Waals surface area (Å²) in [5, 5.41) is -0.270. The number of rotatable bonds is 5. The van der Waals surface area contributed by atoms with Crippen molar-refractivity contribution >= 4 is 17.7 Å². The number of methoxy groups -OCH3 is 1. The van der Waals surface area contributed by atoms with E-state index >= 15 is 0 Å². The summed E-state index contributed by atoms with van der Waals surface area (Å²) in [5.74, 6) is 0.587. The molecule has 94 valence electrons. The summed E-state index contributed by atoms with van der Waals surface area (Å²) in [6.45, 7) is 3.96. The molecule has 0 radical (unpaired) electrons. The van der Waals surface area contributed by atoms with E-state index in [0.717, 1.165) is 11.3 Å². The Morgan fingerprint density at radius 3 is 2.24 bits per heavy atom. The van der Waals surface area contributed by atoms with Gasteiger partial charge in [0.2, 0.25) is 0 Å². The van der Waals surface area contributed by atoms with Gasteiger partial charge in [0.25, 0.3) is 0 Å². The summed E-state index contributed by atoms with van der Waals surface area (Å²) in [6, 6.07) is 7.55. The molecule has 0 saturated carbocycles. The van der Waals surface area contributed by atoms with E-state index in [1.807, 2.05) is 44.4 Å². The second-order valence-corrected chi connectivity index (χ2v) is 4.82. The molecule has 0 heterocycles. The van der Waals surface area contributed by atoms with Crippen LogP contribution in [0.5, 0.6) is 5.75 Å². The highest BCUT2D eigenvalue weighted by atomic mass is 32.2. The van der Waals surface area contributed by atoms with Gasteiger partial charge < -0.3 is 9.47 Å². The lowest BCUT2D eigenvalue weighted by atomic mass is 10.1. The molecule has 3 nitrogen and oxygen atoms in total. The van der Waals surface area contributed by atoms with E-state index in [1.54, 1.807) is 0 Å². The monoisotopic (exact) mass is 254 g/mol. The summed E-state index contributed by atoms with van der Waals surface area (Å²) >= 11 is 1.46. The van der Waals surface area contributed by atoms with Crippen LogP contribution in [-0.2, 0) is 9.53 Å². The fraction of sp³-hybridized carbons (Fsp3) is 0.462. The van der Waals surface area contributed by atoms with Gasteiger partial charge in [-0.3, -0.25) is 4.79 Å². The fourth-order valence-corrected chi connectivity index (χ4v) is 2.19. The van der Waals surface area contributed by atoms with Crippen molar-refractivity contribution in [3.8, 4) is 5.75 Å². The normalized spacial score (nSPS) is 12.3. The van der Waals surface area contributed by atoms with Crippen LogP contribution in [0, 0.1) is 0 Å². The zero-order valence-corrected chi connectivity index (χ0v) is 11.4. The number of hydrogen-bond donors (Lipinski definition) is 0. The zero-order valence-electron chi connectivity index (χ0n) is 10.6. The van der Waals surface area contributed by atoms with Crippen LogP contribution in [-0.4, -0.2) is 25.4 Å². The summed E-state index contributed by atoms with van der Waals surface area (Å²) in [5.41, 5.74) is 0.931. The summed E-state index contributed by atoms with van der Waals surface area (Å²) in [4.78, 5) is 11.5. The first-order valence-corrected chi connectivity index (χ1v) is 6.74. The Morgan fingerprint density at radius 1 is 1.24 bits per heavy atom. The molecule has 1 aromatic rings. The van der Waals surface area contributed by atoms with Gasteiger partial charge in [0.05, 0.1) is 13.2 Å². The lowest BCUT2D eigenvalue weighted by Gasteiger charge is -2.14. The molecule has 1 aromatic carbocycles. The van der Waals surface area contributed by atoms with E-state index in [-0.39, 0.29) is 17.3 Å². The van der Waals surface area contributed by atoms with Crippen molar-refractivity contribution in [3.05, 3.63) is 29.8 Å².